The number of carbonyl (C=O) groups is 1. The van der Waals surface area contributed by atoms with Crippen LogP contribution < -0.4 is 0 Å². The molecular formula is C12H23ClN2O. The van der Waals surface area contributed by atoms with Crippen molar-refractivity contribution in [3.8, 4) is 0 Å². The van der Waals surface area contributed by atoms with E-state index in [0.717, 1.165) is 25.9 Å². The van der Waals surface area contributed by atoms with Crippen LogP contribution in [0.15, 0.2) is 0 Å². The lowest BCUT2D eigenvalue weighted by Crippen LogP contribution is -2.35. The number of likely N-dealkylation sites (tertiary alicyclic amines) is 1. The van der Waals surface area contributed by atoms with Crippen molar-refractivity contribution in [3.63, 3.8) is 0 Å². The topological polar surface area (TPSA) is 23.6 Å². The quantitative estimate of drug-likeness (QED) is 0.507. The van der Waals surface area contributed by atoms with Crippen molar-refractivity contribution in [1.29, 1.82) is 0 Å². The minimum absolute atomic E-state index is 0.254. The molecule has 0 unspecified atom stereocenters. The van der Waals surface area contributed by atoms with E-state index in [2.05, 4.69) is 4.90 Å². The highest BCUT2D eigenvalue weighted by Crippen LogP contribution is 2.07. The third-order valence-corrected chi connectivity index (χ3v) is 3.42. The average Bonchev–Trinajstić information content (AvgIpc) is 2.79. The Hall–Kier alpha value is -0.280. The van der Waals surface area contributed by atoms with Crippen LogP contribution in [0.1, 0.15) is 32.1 Å². The van der Waals surface area contributed by atoms with Gasteiger partial charge in [-0.15, -0.1) is 11.6 Å². The molecule has 0 aliphatic carbocycles. The molecule has 1 rings (SSSR count). The normalized spacial score (nSPS) is 16.6. The van der Waals surface area contributed by atoms with E-state index in [-0.39, 0.29) is 5.91 Å². The number of alkyl halides is 1. The molecule has 1 aliphatic heterocycles. The summed E-state index contributed by atoms with van der Waals surface area (Å²) in [7, 11) is 1.90. The first-order valence-electron chi connectivity index (χ1n) is 6.26. The van der Waals surface area contributed by atoms with Gasteiger partial charge in [-0.25, -0.2) is 0 Å². The molecule has 0 aromatic carbocycles. The molecule has 0 aromatic rings. The zero-order chi connectivity index (χ0) is 11.8. The maximum atomic E-state index is 11.7. The summed E-state index contributed by atoms with van der Waals surface area (Å²) >= 11 is 5.58. The van der Waals surface area contributed by atoms with E-state index in [4.69, 9.17) is 11.6 Å². The number of unbranched alkanes of at least 4 members (excludes halogenated alkanes) is 1. The summed E-state index contributed by atoms with van der Waals surface area (Å²) in [5, 5.41) is 0. The van der Waals surface area contributed by atoms with Gasteiger partial charge >= 0.3 is 0 Å². The van der Waals surface area contributed by atoms with Gasteiger partial charge in [-0.05, 0) is 38.8 Å². The van der Waals surface area contributed by atoms with Gasteiger partial charge in [0, 0.05) is 32.4 Å². The number of carbonyl (C=O) groups excluding carboxylic acids is 1. The highest BCUT2D eigenvalue weighted by molar-refractivity contribution is 6.17. The van der Waals surface area contributed by atoms with Crippen LogP contribution in [-0.4, -0.2) is 54.8 Å². The van der Waals surface area contributed by atoms with Crippen LogP contribution >= 0.6 is 11.6 Å². The first-order valence-corrected chi connectivity index (χ1v) is 6.80. The summed E-state index contributed by atoms with van der Waals surface area (Å²) in [6, 6.07) is 0. The monoisotopic (exact) mass is 246 g/mol. The van der Waals surface area contributed by atoms with E-state index in [9.17, 15) is 4.79 Å². The van der Waals surface area contributed by atoms with Gasteiger partial charge in [0.25, 0.3) is 0 Å². The van der Waals surface area contributed by atoms with Crippen LogP contribution in [0.3, 0.4) is 0 Å². The van der Waals surface area contributed by atoms with Crippen LogP contribution in [0, 0.1) is 0 Å². The third-order valence-electron chi connectivity index (χ3n) is 3.15. The minimum atomic E-state index is 0.254. The Morgan fingerprint density at radius 2 is 2.00 bits per heavy atom. The van der Waals surface area contributed by atoms with Crippen molar-refractivity contribution >= 4 is 17.5 Å². The van der Waals surface area contributed by atoms with E-state index < -0.39 is 0 Å². The molecule has 4 heteroatoms. The van der Waals surface area contributed by atoms with Crippen molar-refractivity contribution in [3.05, 3.63) is 0 Å². The molecule has 1 amide bonds. The van der Waals surface area contributed by atoms with Gasteiger partial charge in [-0.3, -0.25) is 4.79 Å². The predicted molar refractivity (Wildman–Crippen MR) is 67.9 cm³/mol. The van der Waals surface area contributed by atoms with E-state index in [0.29, 0.717) is 12.3 Å². The lowest BCUT2D eigenvalue weighted by molar-refractivity contribution is -0.130. The van der Waals surface area contributed by atoms with E-state index >= 15 is 0 Å². The summed E-state index contributed by atoms with van der Waals surface area (Å²) in [6.45, 7) is 4.29. The molecule has 0 bridgehead atoms. The lowest BCUT2D eigenvalue weighted by atomic mass is 10.2. The first-order chi connectivity index (χ1) is 7.74. The standard InChI is InChI=1S/C12H23ClN2O/c1-14(12(16)6-2-3-7-13)10-11-15-8-4-5-9-15/h2-11H2,1H3. The molecule has 0 saturated carbocycles. The zero-order valence-electron chi connectivity index (χ0n) is 10.3. The molecule has 16 heavy (non-hydrogen) atoms. The van der Waals surface area contributed by atoms with Crippen LogP contribution in [-0.2, 0) is 4.79 Å². The van der Waals surface area contributed by atoms with Crippen LogP contribution in [0.4, 0.5) is 0 Å². The molecular weight excluding hydrogens is 224 g/mol. The Morgan fingerprint density at radius 3 is 2.62 bits per heavy atom. The smallest absolute Gasteiger partial charge is 0.222 e. The summed E-state index contributed by atoms with van der Waals surface area (Å²) in [5.41, 5.74) is 0. The van der Waals surface area contributed by atoms with Crippen molar-refractivity contribution < 1.29 is 4.79 Å². The molecule has 94 valence electrons. The Bertz CT molecular complexity index is 205. The van der Waals surface area contributed by atoms with Crippen molar-refractivity contribution in [2.45, 2.75) is 32.1 Å². The van der Waals surface area contributed by atoms with E-state index in [1.807, 2.05) is 11.9 Å². The van der Waals surface area contributed by atoms with E-state index in [1.165, 1.54) is 25.9 Å². The molecule has 0 radical (unpaired) electrons. The van der Waals surface area contributed by atoms with Crippen LogP contribution in [0.25, 0.3) is 0 Å². The SMILES string of the molecule is CN(CCN1CCCC1)C(=O)CCCCCl. The van der Waals surface area contributed by atoms with Gasteiger partial charge in [0.2, 0.25) is 5.91 Å². The van der Waals surface area contributed by atoms with Gasteiger partial charge in [0.1, 0.15) is 0 Å². The maximum absolute atomic E-state index is 11.7. The molecule has 0 N–H and O–H groups in total. The first kappa shape index (κ1) is 13.8. The molecule has 1 fully saturated rings. The number of hydrogen-bond donors (Lipinski definition) is 0. The summed E-state index contributed by atoms with van der Waals surface area (Å²) in [5.74, 6) is 0.912. The number of halogens is 1. The second-order valence-corrected chi connectivity index (χ2v) is 4.89. The van der Waals surface area contributed by atoms with E-state index in [1.54, 1.807) is 0 Å². The van der Waals surface area contributed by atoms with Crippen molar-refractivity contribution in [1.82, 2.24) is 9.80 Å². The Kier molecular flexibility index (Phi) is 6.81. The fourth-order valence-electron chi connectivity index (χ4n) is 1.98. The number of hydrogen-bond acceptors (Lipinski definition) is 2. The molecule has 3 nitrogen and oxygen atoms in total. The van der Waals surface area contributed by atoms with Crippen LogP contribution in [0.2, 0.25) is 0 Å². The number of rotatable bonds is 7. The van der Waals surface area contributed by atoms with Crippen molar-refractivity contribution in [2.24, 2.45) is 0 Å². The average molecular weight is 247 g/mol. The summed E-state index contributed by atoms with van der Waals surface area (Å²) in [6.07, 6.45) is 5.12. The Balaban J connectivity index is 2.07. The molecule has 0 spiro atoms. The van der Waals surface area contributed by atoms with Gasteiger partial charge < -0.3 is 9.80 Å². The molecule has 0 aromatic heterocycles. The number of amides is 1. The van der Waals surface area contributed by atoms with Gasteiger partial charge in [0.15, 0.2) is 0 Å². The minimum Gasteiger partial charge on any atom is -0.344 e. The van der Waals surface area contributed by atoms with Gasteiger partial charge in [-0.2, -0.15) is 0 Å². The molecule has 1 aliphatic rings. The highest BCUT2D eigenvalue weighted by Gasteiger charge is 2.13. The fraction of sp³-hybridized carbons (Fsp3) is 0.917. The third kappa shape index (κ3) is 5.17. The molecule has 0 atom stereocenters. The molecule has 1 heterocycles. The summed E-state index contributed by atoms with van der Waals surface area (Å²) in [4.78, 5) is 16.0. The fourth-order valence-corrected chi connectivity index (χ4v) is 2.17. The Morgan fingerprint density at radius 1 is 1.31 bits per heavy atom. The lowest BCUT2D eigenvalue weighted by Gasteiger charge is -2.21. The Labute approximate surface area is 104 Å². The number of likely N-dealkylation sites (N-methyl/N-ethyl adjacent to an activating group) is 1. The summed E-state index contributed by atoms with van der Waals surface area (Å²) < 4.78 is 0. The van der Waals surface area contributed by atoms with Gasteiger partial charge in [0.05, 0.1) is 0 Å². The second kappa shape index (κ2) is 7.91. The largest absolute Gasteiger partial charge is 0.344 e. The zero-order valence-corrected chi connectivity index (χ0v) is 11.0. The second-order valence-electron chi connectivity index (χ2n) is 4.51. The highest BCUT2D eigenvalue weighted by atomic mass is 35.5. The number of nitrogens with zero attached hydrogens (tertiary/aromatic N) is 2. The van der Waals surface area contributed by atoms with Gasteiger partial charge in [-0.1, -0.05) is 0 Å². The van der Waals surface area contributed by atoms with Crippen molar-refractivity contribution in [2.75, 3.05) is 39.1 Å². The maximum Gasteiger partial charge on any atom is 0.222 e. The van der Waals surface area contributed by atoms with Crippen LogP contribution in [0.5, 0.6) is 0 Å². The molecule has 1 saturated heterocycles. The predicted octanol–water partition coefficient (Wildman–Crippen LogP) is 1.95.